The van der Waals surface area contributed by atoms with Gasteiger partial charge in [-0.05, 0) is 27.8 Å². The summed E-state index contributed by atoms with van der Waals surface area (Å²) in [6.07, 6.45) is 0. The minimum Gasteiger partial charge on any atom is -0.324 e. The van der Waals surface area contributed by atoms with Gasteiger partial charge in [-0.2, -0.15) is 0 Å². The molecule has 0 radical (unpaired) electrons. The molecule has 1 aliphatic heterocycles. The molecule has 1 fully saturated rings. The second kappa shape index (κ2) is 3.95. The lowest BCUT2D eigenvalue weighted by molar-refractivity contribution is 0.0913. The van der Waals surface area contributed by atoms with Crippen LogP contribution in [0.3, 0.4) is 0 Å². The Kier molecular flexibility index (Phi) is 3.33. The van der Waals surface area contributed by atoms with Crippen LogP contribution in [0.2, 0.25) is 0 Å². The summed E-state index contributed by atoms with van der Waals surface area (Å²) in [4.78, 5) is 4.87. The fraction of sp³-hybridized carbons (Fsp3) is 1.00. The second-order valence-electron chi connectivity index (χ2n) is 5.05. The average Bonchev–Trinajstić information content (AvgIpc) is 1.94. The Bertz CT molecular complexity index is 162. The minimum absolute atomic E-state index is 0.0599. The van der Waals surface area contributed by atoms with Crippen LogP contribution < -0.4 is 5.73 Å². The van der Waals surface area contributed by atoms with E-state index >= 15 is 0 Å². The molecule has 0 aromatic carbocycles. The molecule has 0 bridgehead atoms. The van der Waals surface area contributed by atoms with E-state index in [1.54, 1.807) is 0 Å². The molecule has 1 heterocycles. The van der Waals surface area contributed by atoms with Gasteiger partial charge in [-0.1, -0.05) is 0 Å². The monoisotopic (exact) mass is 185 g/mol. The molecule has 0 aromatic heterocycles. The summed E-state index contributed by atoms with van der Waals surface area (Å²) in [5, 5.41) is 0. The van der Waals surface area contributed by atoms with Crippen LogP contribution in [0.5, 0.6) is 0 Å². The number of piperazine rings is 1. The molecule has 78 valence electrons. The molecule has 0 aliphatic carbocycles. The van der Waals surface area contributed by atoms with Gasteiger partial charge in [0.2, 0.25) is 0 Å². The van der Waals surface area contributed by atoms with Crippen molar-refractivity contribution in [1.82, 2.24) is 9.80 Å². The topological polar surface area (TPSA) is 32.5 Å². The first-order valence-corrected chi connectivity index (χ1v) is 5.10. The predicted octanol–water partition coefficient (Wildman–Crippen LogP) is 0.360. The molecule has 13 heavy (non-hydrogen) atoms. The fourth-order valence-electron chi connectivity index (χ4n) is 1.84. The number of nitrogens with two attached hydrogens (primary N) is 1. The van der Waals surface area contributed by atoms with E-state index in [0.29, 0.717) is 6.04 Å². The van der Waals surface area contributed by atoms with Crippen LogP contribution in [-0.2, 0) is 0 Å². The van der Waals surface area contributed by atoms with Gasteiger partial charge in [0.25, 0.3) is 0 Å². The van der Waals surface area contributed by atoms with Gasteiger partial charge >= 0.3 is 0 Å². The first kappa shape index (κ1) is 11.0. The summed E-state index contributed by atoms with van der Waals surface area (Å²) in [5.41, 5.74) is 5.93. The summed E-state index contributed by atoms with van der Waals surface area (Å²) in [7, 11) is 2.19. The quantitative estimate of drug-likeness (QED) is 0.674. The Balaban J connectivity index is 2.38. The minimum atomic E-state index is -0.0599. The highest BCUT2D eigenvalue weighted by molar-refractivity contribution is 4.83. The van der Waals surface area contributed by atoms with Gasteiger partial charge < -0.3 is 10.6 Å². The van der Waals surface area contributed by atoms with E-state index in [-0.39, 0.29) is 5.54 Å². The number of hydrogen-bond acceptors (Lipinski definition) is 3. The summed E-state index contributed by atoms with van der Waals surface area (Å²) in [6.45, 7) is 10.9. The molecule has 3 nitrogen and oxygen atoms in total. The van der Waals surface area contributed by atoms with Crippen LogP contribution >= 0.6 is 0 Å². The van der Waals surface area contributed by atoms with Gasteiger partial charge in [0.1, 0.15) is 0 Å². The highest BCUT2D eigenvalue weighted by atomic mass is 15.3. The van der Waals surface area contributed by atoms with Crippen molar-refractivity contribution in [3.63, 3.8) is 0 Å². The molecular formula is C10H23N3. The molecule has 1 rings (SSSR count). The summed E-state index contributed by atoms with van der Waals surface area (Å²) < 4.78 is 0. The summed E-state index contributed by atoms with van der Waals surface area (Å²) in [6, 6.07) is 0.663. The lowest BCUT2D eigenvalue weighted by Crippen LogP contribution is -2.55. The number of nitrogens with zero attached hydrogens (tertiary/aromatic N) is 2. The second-order valence-corrected chi connectivity index (χ2v) is 5.05. The van der Waals surface area contributed by atoms with Crippen molar-refractivity contribution in [2.45, 2.75) is 32.4 Å². The number of hydrogen-bond donors (Lipinski definition) is 1. The molecule has 1 atom stereocenters. The summed E-state index contributed by atoms with van der Waals surface area (Å²) >= 11 is 0. The van der Waals surface area contributed by atoms with Crippen LogP contribution in [0, 0.1) is 0 Å². The molecule has 2 N–H and O–H groups in total. The largest absolute Gasteiger partial charge is 0.324 e. The van der Waals surface area contributed by atoms with E-state index in [2.05, 4.69) is 37.6 Å². The Labute approximate surface area is 81.9 Å². The third kappa shape index (κ3) is 3.63. The van der Waals surface area contributed by atoms with Gasteiger partial charge in [0.15, 0.2) is 0 Å². The van der Waals surface area contributed by atoms with E-state index in [9.17, 15) is 0 Å². The van der Waals surface area contributed by atoms with E-state index in [4.69, 9.17) is 5.73 Å². The Morgan fingerprint density at radius 3 is 2.46 bits per heavy atom. The average molecular weight is 185 g/mol. The van der Waals surface area contributed by atoms with E-state index in [1.807, 2.05) is 0 Å². The Hall–Kier alpha value is -0.120. The Morgan fingerprint density at radius 1 is 1.38 bits per heavy atom. The molecule has 3 heteroatoms. The van der Waals surface area contributed by atoms with Crippen LogP contribution in [0.25, 0.3) is 0 Å². The normalized spacial score (nSPS) is 27.9. The van der Waals surface area contributed by atoms with Gasteiger partial charge in [0, 0.05) is 37.8 Å². The maximum atomic E-state index is 5.99. The van der Waals surface area contributed by atoms with Gasteiger partial charge in [-0.25, -0.2) is 0 Å². The van der Waals surface area contributed by atoms with E-state index < -0.39 is 0 Å². The van der Waals surface area contributed by atoms with Crippen molar-refractivity contribution in [2.75, 3.05) is 33.2 Å². The van der Waals surface area contributed by atoms with Crippen molar-refractivity contribution in [1.29, 1.82) is 0 Å². The van der Waals surface area contributed by atoms with Crippen molar-refractivity contribution >= 4 is 0 Å². The van der Waals surface area contributed by atoms with Crippen LogP contribution in [0.4, 0.5) is 0 Å². The van der Waals surface area contributed by atoms with Crippen LogP contribution in [-0.4, -0.2) is 54.6 Å². The van der Waals surface area contributed by atoms with Crippen LogP contribution in [0.15, 0.2) is 0 Å². The lowest BCUT2D eigenvalue weighted by atomic mass is 10.1. The van der Waals surface area contributed by atoms with Gasteiger partial charge in [-0.15, -0.1) is 0 Å². The third-order valence-electron chi connectivity index (χ3n) is 2.67. The zero-order chi connectivity index (χ0) is 10.1. The molecule has 0 saturated carbocycles. The van der Waals surface area contributed by atoms with Crippen molar-refractivity contribution in [3.8, 4) is 0 Å². The first-order valence-electron chi connectivity index (χ1n) is 5.10. The maximum Gasteiger partial charge on any atom is 0.0226 e. The molecule has 0 spiro atoms. The Morgan fingerprint density at radius 2 is 2.00 bits per heavy atom. The third-order valence-corrected chi connectivity index (χ3v) is 2.67. The van der Waals surface area contributed by atoms with E-state index in [1.165, 1.54) is 0 Å². The number of likely N-dealkylation sites (N-methyl/N-ethyl adjacent to an activating group) is 1. The van der Waals surface area contributed by atoms with Crippen molar-refractivity contribution in [2.24, 2.45) is 5.73 Å². The highest BCUT2D eigenvalue weighted by Crippen LogP contribution is 2.09. The van der Waals surface area contributed by atoms with Crippen LogP contribution in [0.1, 0.15) is 20.8 Å². The molecule has 1 unspecified atom stereocenters. The van der Waals surface area contributed by atoms with Crippen molar-refractivity contribution < 1.29 is 0 Å². The highest BCUT2D eigenvalue weighted by Gasteiger charge is 2.24. The van der Waals surface area contributed by atoms with Gasteiger partial charge in [0.05, 0.1) is 0 Å². The van der Waals surface area contributed by atoms with Crippen molar-refractivity contribution in [3.05, 3.63) is 0 Å². The standard InChI is InChI=1S/C10H23N3/c1-9-7-13(6-5-12(9)4)8-10(2,3)11/h9H,5-8,11H2,1-4H3. The lowest BCUT2D eigenvalue weighted by Gasteiger charge is -2.40. The number of rotatable bonds is 2. The maximum absolute atomic E-state index is 5.99. The molecule has 1 aliphatic rings. The first-order chi connectivity index (χ1) is 5.88. The smallest absolute Gasteiger partial charge is 0.0226 e. The molecule has 0 aromatic rings. The molecular weight excluding hydrogens is 162 g/mol. The fourth-order valence-corrected chi connectivity index (χ4v) is 1.84. The molecule has 0 amide bonds. The predicted molar refractivity (Wildman–Crippen MR) is 56.8 cm³/mol. The molecule has 1 saturated heterocycles. The zero-order valence-corrected chi connectivity index (χ0v) is 9.38. The van der Waals surface area contributed by atoms with E-state index in [0.717, 1.165) is 26.2 Å². The van der Waals surface area contributed by atoms with Gasteiger partial charge in [-0.3, -0.25) is 4.90 Å². The zero-order valence-electron chi connectivity index (χ0n) is 9.38. The SMILES string of the molecule is CC1CN(CC(C)(C)N)CCN1C. The summed E-state index contributed by atoms with van der Waals surface area (Å²) in [5.74, 6) is 0.